The van der Waals surface area contributed by atoms with Crippen molar-refractivity contribution >= 4 is 23.6 Å². The molecule has 0 spiro atoms. The molecule has 0 radical (unpaired) electrons. The van der Waals surface area contributed by atoms with Crippen molar-refractivity contribution in [1.82, 2.24) is 0 Å². The molecular formula is C21H18FNO3. The fraction of sp³-hybridized carbons (Fsp3) is 0.143. The highest BCUT2D eigenvalue weighted by molar-refractivity contribution is 6.23. The maximum absolute atomic E-state index is 13.2. The van der Waals surface area contributed by atoms with Gasteiger partial charge in [-0.1, -0.05) is 29.8 Å². The number of carbonyl (C=O) groups is 2. The molecule has 1 aliphatic rings. The Balaban J connectivity index is 2.12. The maximum atomic E-state index is 13.2. The van der Waals surface area contributed by atoms with Crippen molar-refractivity contribution in [1.29, 1.82) is 0 Å². The number of ether oxygens (including phenoxy) is 1. The molecule has 3 rings (SSSR count). The first-order valence-corrected chi connectivity index (χ1v) is 8.10. The quantitative estimate of drug-likeness (QED) is 0.620. The molecule has 0 aromatic heterocycles. The smallest absolute Gasteiger partial charge is 0.340 e. The molecule has 5 heteroatoms. The summed E-state index contributed by atoms with van der Waals surface area (Å²) in [5.41, 5.74) is 3.30. The van der Waals surface area contributed by atoms with E-state index in [4.69, 9.17) is 4.74 Å². The molecule has 2 aromatic rings. The summed E-state index contributed by atoms with van der Waals surface area (Å²) in [6.45, 7) is 3.64. The Morgan fingerprint density at radius 1 is 1.04 bits per heavy atom. The van der Waals surface area contributed by atoms with Gasteiger partial charge < -0.3 is 4.74 Å². The Morgan fingerprint density at radius 2 is 1.65 bits per heavy atom. The second-order valence-corrected chi connectivity index (χ2v) is 6.04. The van der Waals surface area contributed by atoms with Crippen LogP contribution in [0.15, 0.2) is 65.4 Å². The van der Waals surface area contributed by atoms with E-state index in [2.05, 4.69) is 0 Å². The first kappa shape index (κ1) is 17.6. The zero-order chi connectivity index (χ0) is 18.8. The molecule has 0 fully saturated rings. The lowest BCUT2D eigenvalue weighted by Gasteiger charge is -2.17. The summed E-state index contributed by atoms with van der Waals surface area (Å²) in [5, 5.41) is 0. The van der Waals surface area contributed by atoms with Crippen molar-refractivity contribution in [2.75, 3.05) is 12.0 Å². The average Bonchev–Trinajstić information content (AvgIpc) is 2.87. The molecule has 0 unspecified atom stereocenters. The predicted molar refractivity (Wildman–Crippen MR) is 97.8 cm³/mol. The minimum absolute atomic E-state index is 0.211. The second-order valence-electron chi connectivity index (χ2n) is 6.04. The number of hydrogen-bond donors (Lipinski definition) is 0. The number of allylic oxidation sites excluding steroid dienone is 1. The summed E-state index contributed by atoms with van der Waals surface area (Å²) in [5.74, 6) is -1.33. The molecule has 26 heavy (non-hydrogen) atoms. The molecule has 0 aliphatic carbocycles. The van der Waals surface area contributed by atoms with Gasteiger partial charge in [-0.3, -0.25) is 9.69 Å². The molecule has 1 amide bonds. The van der Waals surface area contributed by atoms with Crippen LogP contribution >= 0.6 is 0 Å². The van der Waals surface area contributed by atoms with Crippen LogP contribution in [0.3, 0.4) is 0 Å². The molecular weight excluding hydrogens is 333 g/mol. The highest BCUT2D eigenvalue weighted by Crippen LogP contribution is 2.35. The number of rotatable bonds is 3. The monoisotopic (exact) mass is 351 g/mol. The van der Waals surface area contributed by atoms with E-state index in [0.717, 1.165) is 11.1 Å². The molecule has 4 nitrogen and oxygen atoms in total. The van der Waals surface area contributed by atoms with Crippen molar-refractivity contribution in [3.8, 4) is 0 Å². The van der Waals surface area contributed by atoms with Gasteiger partial charge in [-0.05, 0) is 49.8 Å². The number of carbonyl (C=O) groups excluding carboxylic acids is 2. The Bertz CT molecular complexity index is 925. The van der Waals surface area contributed by atoms with Crippen molar-refractivity contribution in [2.24, 2.45) is 0 Å². The average molecular weight is 351 g/mol. The fourth-order valence-corrected chi connectivity index (χ4v) is 2.91. The number of aryl methyl sites for hydroxylation is 1. The lowest BCUT2D eigenvalue weighted by Crippen LogP contribution is -2.24. The van der Waals surface area contributed by atoms with Crippen molar-refractivity contribution in [3.63, 3.8) is 0 Å². The Hall–Kier alpha value is -3.21. The van der Waals surface area contributed by atoms with Gasteiger partial charge in [-0.15, -0.1) is 0 Å². The summed E-state index contributed by atoms with van der Waals surface area (Å²) in [6.07, 6.45) is 1.67. The van der Waals surface area contributed by atoms with Crippen LogP contribution in [-0.4, -0.2) is 19.0 Å². The van der Waals surface area contributed by atoms with Gasteiger partial charge in [-0.2, -0.15) is 0 Å². The summed E-state index contributed by atoms with van der Waals surface area (Å²) >= 11 is 0. The topological polar surface area (TPSA) is 46.6 Å². The Labute approximate surface area is 151 Å². The van der Waals surface area contributed by atoms with Gasteiger partial charge in [0.1, 0.15) is 5.82 Å². The lowest BCUT2D eigenvalue weighted by atomic mass is 10.0. The standard InChI is InChI=1S/C21H18FNO3/c1-13-4-6-15(7-5-13)12-18-19(21(25)26-3)14(2)23(20(18)24)17-10-8-16(22)9-11-17/h4-12H,1-3H3/b18-12-. The third kappa shape index (κ3) is 3.16. The lowest BCUT2D eigenvalue weighted by molar-refractivity contribution is -0.136. The van der Waals surface area contributed by atoms with Gasteiger partial charge in [0.25, 0.3) is 5.91 Å². The van der Waals surface area contributed by atoms with Crippen molar-refractivity contribution in [2.45, 2.75) is 13.8 Å². The van der Waals surface area contributed by atoms with E-state index >= 15 is 0 Å². The SMILES string of the molecule is COC(=O)C1=C(C)N(c2ccc(F)cc2)C(=O)/C1=C\c1ccc(C)cc1. The molecule has 0 atom stereocenters. The predicted octanol–water partition coefficient (Wildman–Crippen LogP) is 4.01. The highest BCUT2D eigenvalue weighted by atomic mass is 19.1. The molecule has 0 saturated carbocycles. The maximum Gasteiger partial charge on any atom is 0.340 e. The van der Waals surface area contributed by atoms with E-state index in [1.807, 2.05) is 31.2 Å². The number of nitrogens with zero attached hydrogens (tertiary/aromatic N) is 1. The Kier molecular flexibility index (Phi) is 4.71. The number of hydrogen-bond acceptors (Lipinski definition) is 3. The first-order valence-electron chi connectivity index (χ1n) is 8.10. The van der Waals surface area contributed by atoms with Crippen LogP contribution < -0.4 is 4.90 Å². The third-order valence-electron chi connectivity index (χ3n) is 4.26. The number of amides is 1. The third-order valence-corrected chi connectivity index (χ3v) is 4.26. The number of benzene rings is 2. The number of methoxy groups -OCH3 is 1. The number of esters is 1. The summed E-state index contributed by atoms with van der Waals surface area (Å²) < 4.78 is 18.1. The van der Waals surface area contributed by atoms with E-state index in [-0.39, 0.29) is 17.1 Å². The summed E-state index contributed by atoms with van der Waals surface area (Å²) in [4.78, 5) is 26.7. The molecule has 1 heterocycles. The first-order chi connectivity index (χ1) is 12.4. The van der Waals surface area contributed by atoms with Crippen LogP contribution in [0.2, 0.25) is 0 Å². The van der Waals surface area contributed by atoms with Crippen LogP contribution in [0.25, 0.3) is 6.08 Å². The molecule has 2 aromatic carbocycles. The molecule has 0 N–H and O–H groups in total. The fourth-order valence-electron chi connectivity index (χ4n) is 2.91. The van der Waals surface area contributed by atoms with Gasteiger partial charge in [0, 0.05) is 11.4 Å². The van der Waals surface area contributed by atoms with E-state index < -0.39 is 11.8 Å². The number of halogens is 1. The van der Waals surface area contributed by atoms with E-state index in [1.54, 1.807) is 13.0 Å². The second kappa shape index (κ2) is 6.96. The molecule has 1 aliphatic heterocycles. The largest absolute Gasteiger partial charge is 0.465 e. The van der Waals surface area contributed by atoms with Crippen LogP contribution in [0.4, 0.5) is 10.1 Å². The van der Waals surface area contributed by atoms with Crippen LogP contribution in [0, 0.1) is 12.7 Å². The van der Waals surface area contributed by atoms with Gasteiger partial charge in [-0.25, -0.2) is 9.18 Å². The molecule has 132 valence electrons. The van der Waals surface area contributed by atoms with E-state index in [0.29, 0.717) is 11.4 Å². The van der Waals surface area contributed by atoms with Gasteiger partial charge in [0.15, 0.2) is 0 Å². The van der Waals surface area contributed by atoms with Gasteiger partial charge in [0.05, 0.1) is 18.3 Å². The zero-order valence-corrected chi connectivity index (χ0v) is 14.7. The molecule has 0 bridgehead atoms. The van der Waals surface area contributed by atoms with Crippen LogP contribution in [-0.2, 0) is 14.3 Å². The zero-order valence-electron chi connectivity index (χ0n) is 14.7. The van der Waals surface area contributed by atoms with Gasteiger partial charge in [0.2, 0.25) is 0 Å². The van der Waals surface area contributed by atoms with Crippen molar-refractivity contribution in [3.05, 3.63) is 82.3 Å². The minimum atomic E-state index is -0.584. The van der Waals surface area contributed by atoms with Crippen LogP contribution in [0.5, 0.6) is 0 Å². The number of anilines is 1. The van der Waals surface area contributed by atoms with Crippen LogP contribution in [0.1, 0.15) is 18.1 Å². The highest BCUT2D eigenvalue weighted by Gasteiger charge is 2.37. The summed E-state index contributed by atoms with van der Waals surface area (Å²) in [7, 11) is 1.27. The van der Waals surface area contributed by atoms with E-state index in [1.165, 1.54) is 36.3 Å². The Morgan fingerprint density at radius 3 is 2.23 bits per heavy atom. The van der Waals surface area contributed by atoms with Crippen molar-refractivity contribution < 1.29 is 18.7 Å². The molecule has 0 saturated heterocycles. The van der Waals surface area contributed by atoms with Gasteiger partial charge >= 0.3 is 5.97 Å². The summed E-state index contributed by atoms with van der Waals surface area (Å²) in [6, 6.07) is 13.2. The normalized spacial score (nSPS) is 15.8. The van der Waals surface area contributed by atoms with E-state index in [9.17, 15) is 14.0 Å². The minimum Gasteiger partial charge on any atom is -0.465 e.